The fraction of sp³-hybridized carbons (Fsp3) is 0.619. The van der Waals surface area contributed by atoms with Crippen molar-refractivity contribution in [3.8, 4) is 17.2 Å². The summed E-state index contributed by atoms with van der Waals surface area (Å²) in [4.78, 5) is 55.1. The van der Waals surface area contributed by atoms with Crippen LogP contribution in [0.25, 0.3) is 0 Å². The van der Waals surface area contributed by atoms with E-state index in [2.05, 4.69) is 0 Å². The average molecular weight is 828 g/mol. The Hall–Kier alpha value is -4.04. The maximum atomic E-state index is 13.9. The Morgan fingerprint density at radius 2 is 1.51 bits per heavy atom. The van der Waals surface area contributed by atoms with Gasteiger partial charge in [-0.1, -0.05) is 6.92 Å². The first kappa shape index (κ1) is 43.1. The van der Waals surface area contributed by atoms with Gasteiger partial charge in [0.25, 0.3) is 0 Å². The second-order valence-corrected chi connectivity index (χ2v) is 16.5. The number of carbonyl (C=O) groups is 4. The number of phenolic OH excluding ortho intramolecular Hbond substituents is 3. The topological polar surface area (TPSA) is 237 Å². The lowest BCUT2D eigenvalue weighted by Crippen LogP contribution is -2.58. The van der Waals surface area contributed by atoms with Crippen molar-refractivity contribution >= 4 is 23.3 Å². The Balaban J connectivity index is 1.14. The highest BCUT2D eigenvalue weighted by Gasteiger charge is 2.54. The normalized spacial score (nSPS) is 35.9. The van der Waals surface area contributed by atoms with Gasteiger partial charge in [0.1, 0.15) is 41.5 Å². The number of esters is 1. The number of phenols is 3. The first-order chi connectivity index (χ1) is 27.9. The van der Waals surface area contributed by atoms with E-state index in [4.69, 9.17) is 33.2 Å². The molecule has 2 aliphatic carbocycles. The number of aromatic hydroxyl groups is 3. The van der Waals surface area contributed by atoms with Crippen LogP contribution in [0.15, 0.2) is 18.2 Å². The first-order valence-electron chi connectivity index (χ1n) is 20.0. The minimum Gasteiger partial charge on any atom is -0.508 e. The van der Waals surface area contributed by atoms with E-state index in [0.717, 1.165) is 19.2 Å². The molecule has 5 aliphatic rings. The van der Waals surface area contributed by atoms with Gasteiger partial charge in [-0.3, -0.25) is 19.2 Å². The van der Waals surface area contributed by atoms with Crippen LogP contribution in [-0.2, 0) is 42.7 Å². The summed E-state index contributed by atoms with van der Waals surface area (Å²) < 4.78 is 42.6. The molecular formula is C42H53NO16. The van der Waals surface area contributed by atoms with Gasteiger partial charge in [-0.15, -0.1) is 0 Å². The van der Waals surface area contributed by atoms with Gasteiger partial charge in [0.15, 0.2) is 30.4 Å². The number of methoxy groups -OCH3 is 1. The number of aliphatic hydroxyl groups is 2. The second kappa shape index (κ2) is 16.4. The van der Waals surface area contributed by atoms with Crippen molar-refractivity contribution in [1.29, 1.82) is 0 Å². The van der Waals surface area contributed by atoms with Crippen molar-refractivity contribution in [1.82, 2.24) is 4.90 Å². The van der Waals surface area contributed by atoms with E-state index in [-0.39, 0.29) is 59.8 Å². The van der Waals surface area contributed by atoms with E-state index in [1.165, 1.54) is 6.07 Å². The van der Waals surface area contributed by atoms with Gasteiger partial charge in [0.05, 0.1) is 48.3 Å². The van der Waals surface area contributed by atoms with Crippen LogP contribution in [0.2, 0.25) is 0 Å². The lowest BCUT2D eigenvalue weighted by molar-refractivity contribution is -0.324. The molecule has 0 unspecified atom stereocenters. The van der Waals surface area contributed by atoms with Crippen LogP contribution in [0.1, 0.15) is 121 Å². The number of Topliss-reactive ketones (excluding diaryl/α,β-unsaturated/α-hetero) is 1. The third-order valence-electron chi connectivity index (χ3n) is 12.5. The third-order valence-corrected chi connectivity index (χ3v) is 12.5. The number of ether oxygens (including phenoxy) is 7. The van der Waals surface area contributed by atoms with Gasteiger partial charge in [-0.05, 0) is 59.0 Å². The standard InChI is InChI=1S/C42H53NO16/c1-8-42(52)16-28(33-21(35(42)41(51)53-7)13-23-34(38(33)50)37(49)32-22(36(23)48)11-20(44)12-26(32)46)57-30-14-24(43(5)6)39(18(3)55-30)59-31-15-27(47)40(19(4)56-31)58-29-10-9-25(45)17(2)54-29/h11-13,17-19,24,27-31,35,39-40,44,46-47,50,52H,8-10,14-16H2,1-7H3/t17-,18+,19+,24-,27+,28+,29-,30+,31-,35+,39+,40+,42-/m0/s1. The van der Waals surface area contributed by atoms with E-state index in [0.29, 0.717) is 12.8 Å². The van der Waals surface area contributed by atoms with Gasteiger partial charge in [0.2, 0.25) is 5.78 Å². The van der Waals surface area contributed by atoms with E-state index < -0.39 is 119 Å². The molecule has 3 heterocycles. The van der Waals surface area contributed by atoms with Gasteiger partial charge >= 0.3 is 5.97 Å². The molecule has 17 nitrogen and oxygen atoms in total. The van der Waals surface area contributed by atoms with Crippen LogP contribution >= 0.6 is 0 Å². The van der Waals surface area contributed by atoms with Crippen LogP contribution in [0.3, 0.4) is 0 Å². The van der Waals surface area contributed by atoms with Crippen molar-refractivity contribution in [3.63, 3.8) is 0 Å². The molecule has 0 aromatic heterocycles. The lowest BCUT2D eigenvalue weighted by atomic mass is 9.67. The number of aliphatic hydroxyl groups excluding tert-OH is 1. The highest BCUT2D eigenvalue weighted by molar-refractivity contribution is 6.30. The van der Waals surface area contributed by atoms with Crippen LogP contribution in [0.4, 0.5) is 0 Å². The maximum Gasteiger partial charge on any atom is 0.316 e. The molecule has 17 heteroatoms. The number of likely N-dealkylation sites (N-methyl/N-ethyl adjacent to an activating group) is 1. The molecule has 0 radical (unpaired) electrons. The Morgan fingerprint density at radius 3 is 2.14 bits per heavy atom. The predicted octanol–water partition coefficient (Wildman–Crippen LogP) is 2.86. The van der Waals surface area contributed by atoms with Gasteiger partial charge in [0, 0.05) is 60.9 Å². The molecule has 2 aromatic carbocycles. The molecular weight excluding hydrogens is 774 g/mol. The minimum atomic E-state index is -1.80. The summed E-state index contributed by atoms with van der Waals surface area (Å²) >= 11 is 0. The van der Waals surface area contributed by atoms with E-state index in [1.54, 1.807) is 27.7 Å². The summed E-state index contributed by atoms with van der Waals surface area (Å²) in [6, 6.07) is 2.86. The molecule has 0 spiro atoms. The summed E-state index contributed by atoms with van der Waals surface area (Å²) in [5.74, 6) is -5.71. The van der Waals surface area contributed by atoms with Gasteiger partial charge in [-0.2, -0.15) is 0 Å². The predicted molar refractivity (Wildman–Crippen MR) is 203 cm³/mol. The van der Waals surface area contributed by atoms with E-state index >= 15 is 0 Å². The zero-order chi connectivity index (χ0) is 42.8. The molecule has 2 aromatic rings. The number of rotatable bonds is 9. The zero-order valence-electron chi connectivity index (χ0n) is 34.1. The number of hydrogen-bond donors (Lipinski definition) is 5. The molecule has 59 heavy (non-hydrogen) atoms. The maximum absolute atomic E-state index is 13.9. The van der Waals surface area contributed by atoms with Crippen molar-refractivity contribution in [2.24, 2.45) is 0 Å². The third kappa shape index (κ3) is 7.77. The monoisotopic (exact) mass is 827 g/mol. The minimum absolute atomic E-state index is 0.000624. The highest BCUT2D eigenvalue weighted by atomic mass is 16.7. The SMILES string of the molecule is CC[C@]1(O)C[C@@H](O[C@@H]2C[C@H](N(C)C)[C@H](O[C@H]3C[C@@H](O)[C@H](O[C@H]4CCC(=O)[C@H](C)O4)[C@@H](C)O3)[C@@H](C)O2)c2c(cc3c(c2O)C(=O)c2c(O)cc(O)cc2C3=O)[C@@H]1C(=O)OC. The van der Waals surface area contributed by atoms with Crippen LogP contribution in [0, 0.1) is 0 Å². The molecule has 5 N–H and O–H groups in total. The summed E-state index contributed by atoms with van der Waals surface area (Å²) in [5.41, 5.74) is -3.22. The number of nitrogens with zero attached hydrogens (tertiary/aromatic N) is 1. The Morgan fingerprint density at radius 1 is 0.864 bits per heavy atom. The van der Waals surface area contributed by atoms with Crippen molar-refractivity contribution < 1.29 is 77.9 Å². The molecule has 3 aliphatic heterocycles. The van der Waals surface area contributed by atoms with Crippen molar-refractivity contribution in [2.75, 3.05) is 21.2 Å². The first-order valence-corrected chi connectivity index (χ1v) is 20.0. The number of carbonyl (C=O) groups excluding carboxylic acids is 4. The molecule has 0 amide bonds. The smallest absolute Gasteiger partial charge is 0.316 e. The summed E-state index contributed by atoms with van der Waals surface area (Å²) in [5, 5.41) is 56.0. The summed E-state index contributed by atoms with van der Waals surface area (Å²) in [6.45, 7) is 6.90. The van der Waals surface area contributed by atoms with Gasteiger partial charge in [-0.25, -0.2) is 0 Å². The van der Waals surface area contributed by atoms with Crippen LogP contribution < -0.4 is 0 Å². The fourth-order valence-electron chi connectivity index (χ4n) is 9.33. The quantitative estimate of drug-likeness (QED) is 0.195. The summed E-state index contributed by atoms with van der Waals surface area (Å²) in [6.07, 6.45) is -6.94. The van der Waals surface area contributed by atoms with Crippen molar-refractivity contribution in [3.05, 3.63) is 51.6 Å². The second-order valence-electron chi connectivity index (χ2n) is 16.5. The summed E-state index contributed by atoms with van der Waals surface area (Å²) in [7, 11) is 4.86. The number of hydrogen-bond acceptors (Lipinski definition) is 17. The van der Waals surface area contributed by atoms with Crippen molar-refractivity contribution in [2.45, 2.75) is 145 Å². The zero-order valence-corrected chi connectivity index (χ0v) is 34.1. The fourth-order valence-corrected chi connectivity index (χ4v) is 9.33. The number of fused-ring (bicyclic) bond motifs is 3. The van der Waals surface area contributed by atoms with Crippen LogP contribution in [0.5, 0.6) is 17.2 Å². The Bertz CT molecular complexity index is 1990. The molecule has 7 rings (SSSR count). The number of ketones is 3. The number of benzene rings is 2. The molecule has 3 saturated heterocycles. The molecule has 0 saturated carbocycles. The van der Waals surface area contributed by atoms with E-state index in [1.807, 2.05) is 19.0 Å². The molecule has 3 fully saturated rings. The molecule has 13 atom stereocenters. The lowest BCUT2D eigenvalue weighted by Gasteiger charge is -2.48. The van der Waals surface area contributed by atoms with Crippen LogP contribution in [-0.4, -0.2) is 142 Å². The average Bonchev–Trinajstić information content (AvgIpc) is 3.16. The molecule has 0 bridgehead atoms. The largest absolute Gasteiger partial charge is 0.508 e. The highest BCUT2D eigenvalue weighted by Crippen LogP contribution is 2.54. The van der Waals surface area contributed by atoms with Gasteiger partial charge < -0.3 is 63.6 Å². The molecule has 322 valence electrons. The Kier molecular flexibility index (Phi) is 12.0. The van der Waals surface area contributed by atoms with E-state index in [9.17, 15) is 44.7 Å². The Labute approximate surface area is 341 Å².